The van der Waals surface area contributed by atoms with Crippen molar-refractivity contribution >= 4 is 0 Å². The molecule has 12 heavy (non-hydrogen) atoms. The van der Waals surface area contributed by atoms with E-state index in [1.54, 1.807) is 0 Å². The summed E-state index contributed by atoms with van der Waals surface area (Å²) < 4.78 is 0. The molecule has 0 aliphatic carbocycles. The van der Waals surface area contributed by atoms with E-state index in [0.717, 1.165) is 19.0 Å². The second kappa shape index (κ2) is 6.44. The largest absolute Gasteiger partial charge is 0.392 e. The molecule has 0 radical (unpaired) electrons. The summed E-state index contributed by atoms with van der Waals surface area (Å²) in [5, 5.41) is 9.12. The minimum Gasteiger partial charge on any atom is -0.392 e. The zero-order chi connectivity index (χ0) is 9.56. The molecule has 0 aromatic rings. The van der Waals surface area contributed by atoms with Gasteiger partial charge in [-0.3, -0.25) is 0 Å². The number of aliphatic hydroxyl groups excluding tert-OH is 1. The Morgan fingerprint density at radius 2 is 1.83 bits per heavy atom. The Hall–Kier alpha value is -0.0800. The second-order valence-corrected chi connectivity index (χ2v) is 3.96. The highest BCUT2D eigenvalue weighted by Crippen LogP contribution is 2.06. The Labute approximate surface area is 76.6 Å². The van der Waals surface area contributed by atoms with E-state index in [2.05, 4.69) is 25.8 Å². The van der Waals surface area contributed by atoms with E-state index in [-0.39, 0.29) is 6.10 Å². The number of aliphatic hydroxyl groups is 1. The summed E-state index contributed by atoms with van der Waals surface area (Å²) >= 11 is 0. The van der Waals surface area contributed by atoms with Crippen molar-refractivity contribution in [2.75, 3.05) is 20.1 Å². The first-order chi connectivity index (χ1) is 5.56. The molecule has 1 N–H and O–H groups in total. The molecule has 0 fully saturated rings. The molecule has 0 aromatic carbocycles. The number of hydrogen-bond acceptors (Lipinski definition) is 2. The fourth-order valence-corrected chi connectivity index (χ4v) is 1.64. The van der Waals surface area contributed by atoms with E-state index in [1.165, 1.54) is 12.8 Å². The summed E-state index contributed by atoms with van der Waals surface area (Å²) in [4.78, 5) is 2.20. The Bertz CT molecular complexity index is 104. The highest BCUT2D eigenvalue weighted by Gasteiger charge is 2.06. The summed E-state index contributed by atoms with van der Waals surface area (Å²) in [6.07, 6.45) is 2.33. The molecule has 0 aliphatic rings. The van der Waals surface area contributed by atoms with Crippen molar-refractivity contribution in [3.8, 4) is 0 Å². The first-order valence-corrected chi connectivity index (χ1v) is 4.92. The van der Waals surface area contributed by atoms with E-state index in [4.69, 9.17) is 5.11 Å². The van der Waals surface area contributed by atoms with E-state index in [9.17, 15) is 0 Å². The normalized spacial score (nSPS) is 16.5. The third kappa shape index (κ3) is 6.62. The van der Waals surface area contributed by atoms with Crippen LogP contribution in [0.3, 0.4) is 0 Å². The van der Waals surface area contributed by atoms with Crippen molar-refractivity contribution in [3.63, 3.8) is 0 Å². The van der Waals surface area contributed by atoms with Crippen LogP contribution in [-0.4, -0.2) is 36.2 Å². The van der Waals surface area contributed by atoms with Crippen LogP contribution in [0.25, 0.3) is 0 Å². The van der Waals surface area contributed by atoms with Gasteiger partial charge in [0.2, 0.25) is 0 Å². The van der Waals surface area contributed by atoms with Crippen molar-refractivity contribution in [2.24, 2.45) is 5.92 Å². The third-order valence-corrected chi connectivity index (χ3v) is 1.98. The number of rotatable bonds is 6. The molecule has 2 unspecified atom stereocenters. The lowest BCUT2D eigenvalue weighted by molar-refractivity contribution is 0.132. The van der Waals surface area contributed by atoms with Crippen molar-refractivity contribution in [3.05, 3.63) is 0 Å². The molecule has 0 saturated carbocycles. The van der Waals surface area contributed by atoms with Gasteiger partial charge in [0.05, 0.1) is 6.10 Å². The lowest BCUT2D eigenvalue weighted by atomic mass is 10.1. The molecule has 2 nitrogen and oxygen atoms in total. The summed E-state index contributed by atoms with van der Waals surface area (Å²) in [5.74, 6) is 0.749. The van der Waals surface area contributed by atoms with Crippen molar-refractivity contribution < 1.29 is 5.11 Å². The number of hydrogen-bond donors (Lipinski definition) is 1. The smallest absolute Gasteiger partial charge is 0.0638 e. The molecule has 2 heteroatoms. The van der Waals surface area contributed by atoms with Gasteiger partial charge in [0.1, 0.15) is 0 Å². The Balaban J connectivity index is 3.46. The van der Waals surface area contributed by atoms with Crippen LogP contribution in [0.1, 0.15) is 33.6 Å². The maximum atomic E-state index is 9.12. The van der Waals surface area contributed by atoms with Gasteiger partial charge in [-0.15, -0.1) is 0 Å². The van der Waals surface area contributed by atoms with Gasteiger partial charge in [-0.2, -0.15) is 0 Å². The number of nitrogens with zero attached hydrogens (tertiary/aromatic N) is 1. The predicted molar refractivity (Wildman–Crippen MR) is 53.2 cm³/mol. The van der Waals surface area contributed by atoms with E-state index in [1.807, 2.05) is 6.92 Å². The molecule has 0 saturated heterocycles. The SMILES string of the molecule is CCCC(C)CN(C)CC(C)O. The zero-order valence-electron chi connectivity index (χ0n) is 8.88. The maximum absolute atomic E-state index is 9.12. The van der Waals surface area contributed by atoms with Crippen molar-refractivity contribution in [1.29, 1.82) is 0 Å². The molecule has 0 bridgehead atoms. The average molecular weight is 173 g/mol. The van der Waals surface area contributed by atoms with Crippen LogP contribution in [0.4, 0.5) is 0 Å². The summed E-state index contributed by atoms with van der Waals surface area (Å²) in [6, 6.07) is 0. The van der Waals surface area contributed by atoms with Gasteiger partial charge in [0, 0.05) is 13.1 Å². The van der Waals surface area contributed by atoms with Gasteiger partial charge in [-0.25, -0.2) is 0 Å². The van der Waals surface area contributed by atoms with Crippen molar-refractivity contribution in [2.45, 2.75) is 39.7 Å². The molecule has 74 valence electrons. The topological polar surface area (TPSA) is 23.5 Å². The van der Waals surface area contributed by atoms with Gasteiger partial charge in [-0.05, 0) is 26.3 Å². The summed E-state index contributed by atoms with van der Waals surface area (Å²) in [6.45, 7) is 8.20. The second-order valence-electron chi connectivity index (χ2n) is 3.96. The van der Waals surface area contributed by atoms with Crippen molar-refractivity contribution in [1.82, 2.24) is 4.90 Å². The molecular formula is C10H23NO. The van der Waals surface area contributed by atoms with E-state index in [0.29, 0.717) is 0 Å². The first-order valence-electron chi connectivity index (χ1n) is 4.92. The van der Waals surface area contributed by atoms with Gasteiger partial charge >= 0.3 is 0 Å². The fraction of sp³-hybridized carbons (Fsp3) is 1.00. The van der Waals surface area contributed by atoms with E-state index < -0.39 is 0 Å². The quantitative estimate of drug-likeness (QED) is 0.661. The van der Waals surface area contributed by atoms with Gasteiger partial charge in [-0.1, -0.05) is 20.3 Å². The van der Waals surface area contributed by atoms with Crippen LogP contribution in [0.15, 0.2) is 0 Å². The first kappa shape index (κ1) is 11.9. The molecule has 0 heterocycles. The molecule has 2 atom stereocenters. The summed E-state index contributed by atoms with van der Waals surface area (Å²) in [5.41, 5.74) is 0. The highest BCUT2D eigenvalue weighted by molar-refractivity contribution is 4.60. The van der Waals surface area contributed by atoms with E-state index >= 15 is 0 Å². The lowest BCUT2D eigenvalue weighted by Gasteiger charge is -2.21. The Kier molecular flexibility index (Phi) is 6.39. The molecule has 0 amide bonds. The minimum atomic E-state index is -0.205. The lowest BCUT2D eigenvalue weighted by Crippen LogP contribution is -2.31. The number of likely N-dealkylation sites (N-methyl/N-ethyl adjacent to an activating group) is 1. The van der Waals surface area contributed by atoms with Crippen LogP contribution in [-0.2, 0) is 0 Å². The van der Waals surface area contributed by atoms with Gasteiger partial charge < -0.3 is 10.0 Å². The maximum Gasteiger partial charge on any atom is 0.0638 e. The molecule has 0 aliphatic heterocycles. The van der Waals surface area contributed by atoms with Gasteiger partial charge in [0.15, 0.2) is 0 Å². The Morgan fingerprint density at radius 3 is 2.25 bits per heavy atom. The molecular weight excluding hydrogens is 150 g/mol. The average Bonchev–Trinajstić information content (AvgIpc) is 1.84. The monoisotopic (exact) mass is 173 g/mol. The molecule has 0 spiro atoms. The fourth-order valence-electron chi connectivity index (χ4n) is 1.64. The highest BCUT2D eigenvalue weighted by atomic mass is 16.3. The standard InChI is InChI=1S/C10H23NO/c1-5-6-9(2)7-11(4)8-10(3)12/h9-10,12H,5-8H2,1-4H3. The minimum absolute atomic E-state index is 0.205. The van der Waals surface area contributed by atoms with Crippen LogP contribution in [0.2, 0.25) is 0 Å². The van der Waals surface area contributed by atoms with Crippen LogP contribution >= 0.6 is 0 Å². The molecule has 0 rings (SSSR count). The third-order valence-electron chi connectivity index (χ3n) is 1.98. The molecule has 0 aromatic heterocycles. The van der Waals surface area contributed by atoms with Crippen LogP contribution in [0, 0.1) is 5.92 Å². The van der Waals surface area contributed by atoms with Crippen LogP contribution < -0.4 is 0 Å². The summed E-state index contributed by atoms with van der Waals surface area (Å²) in [7, 11) is 2.07. The van der Waals surface area contributed by atoms with Gasteiger partial charge in [0.25, 0.3) is 0 Å². The van der Waals surface area contributed by atoms with Crippen LogP contribution in [0.5, 0.6) is 0 Å². The predicted octanol–water partition coefficient (Wildman–Crippen LogP) is 1.74. The zero-order valence-corrected chi connectivity index (χ0v) is 8.88. The Morgan fingerprint density at radius 1 is 1.25 bits per heavy atom.